The normalized spacial score (nSPS) is 13.3. The van der Waals surface area contributed by atoms with E-state index in [0.29, 0.717) is 24.4 Å². The minimum absolute atomic E-state index is 0.00469. The van der Waals surface area contributed by atoms with Crippen molar-refractivity contribution < 1.29 is 9.59 Å². The maximum absolute atomic E-state index is 12.0. The first-order chi connectivity index (χ1) is 11.7. The van der Waals surface area contributed by atoms with Crippen LogP contribution < -0.4 is 10.6 Å². The average molecular weight is 369 g/mol. The Balaban J connectivity index is 4.14. The van der Waals surface area contributed by atoms with Crippen molar-refractivity contribution in [3.8, 4) is 0 Å². The number of hydrogen-bond donors (Lipinski definition) is 2. The topological polar surface area (TPSA) is 58.2 Å². The number of nitrogens with one attached hydrogen (secondary N) is 2. The zero-order valence-corrected chi connectivity index (χ0v) is 18.8. The average Bonchev–Trinajstić information content (AvgIpc) is 2.48. The summed E-state index contributed by atoms with van der Waals surface area (Å²) in [4.78, 5) is 23.7. The zero-order valence-electron chi connectivity index (χ0n) is 18.8. The molecule has 0 fully saturated rings. The Kier molecular flexibility index (Phi) is 10.3. The van der Waals surface area contributed by atoms with Gasteiger partial charge in [-0.15, -0.1) is 0 Å². The van der Waals surface area contributed by atoms with Crippen LogP contribution in [0.2, 0.25) is 0 Å². The summed E-state index contributed by atoms with van der Waals surface area (Å²) in [6, 6.07) is 0. The van der Waals surface area contributed by atoms with E-state index < -0.39 is 0 Å². The van der Waals surface area contributed by atoms with Crippen LogP contribution in [0.15, 0.2) is 0 Å². The van der Waals surface area contributed by atoms with Crippen LogP contribution in [0.5, 0.6) is 0 Å². The van der Waals surface area contributed by atoms with Crippen LogP contribution in [-0.4, -0.2) is 35.7 Å². The van der Waals surface area contributed by atoms with Crippen molar-refractivity contribution in [2.45, 2.75) is 105 Å². The molecule has 0 aromatic heterocycles. The van der Waals surface area contributed by atoms with Gasteiger partial charge in [-0.2, -0.15) is 0 Å². The maximum Gasteiger partial charge on any atom is 0.139 e. The molecule has 0 spiro atoms. The van der Waals surface area contributed by atoms with Gasteiger partial charge >= 0.3 is 0 Å². The van der Waals surface area contributed by atoms with Crippen LogP contribution in [0.4, 0.5) is 0 Å². The molecule has 0 unspecified atom stereocenters. The summed E-state index contributed by atoms with van der Waals surface area (Å²) in [6.07, 6.45) is 4.21. The lowest BCUT2D eigenvalue weighted by molar-refractivity contribution is -0.126. The number of carbonyl (C=O) groups excluding carboxylic acids is 2. The number of rotatable bonds is 13. The molecule has 0 saturated carbocycles. The van der Waals surface area contributed by atoms with Gasteiger partial charge in [-0.3, -0.25) is 9.59 Å². The Morgan fingerprint density at radius 3 is 1.65 bits per heavy atom. The fraction of sp³-hybridized carbons (Fsp3) is 0.909. The first-order valence-corrected chi connectivity index (χ1v) is 10.2. The zero-order chi connectivity index (χ0) is 20.6. The van der Waals surface area contributed by atoms with E-state index in [-0.39, 0.29) is 22.4 Å². The quantitative estimate of drug-likeness (QED) is 0.470. The fourth-order valence-corrected chi connectivity index (χ4v) is 2.67. The van der Waals surface area contributed by atoms with Gasteiger partial charge in [0, 0.05) is 41.8 Å². The van der Waals surface area contributed by atoms with Gasteiger partial charge in [0.1, 0.15) is 11.6 Å². The molecule has 0 atom stereocenters. The summed E-state index contributed by atoms with van der Waals surface area (Å²) in [6.45, 7) is 20.3. The molecule has 0 saturated heterocycles. The largest absolute Gasteiger partial charge is 0.312 e. The number of hydrogen-bond acceptors (Lipinski definition) is 4. The predicted molar refractivity (Wildman–Crippen MR) is 112 cm³/mol. The number of ketones is 2. The lowest BCUT2D eigenvalue weighted by atomic mass is 9.87. The van der Waals surface area contributed by atoms with E-state index in [2.05, 4.69) is 38.3 Å². The van der Waals surface area contributed by atoms with E-state index in [0.717, 1.165) is 32.4 Å². The van der Waals surface area contributed by atoms with Gasteiger partial charge in [0.15, 0.2) is 0 Å². The highest BCUT2D eigenvalue weighted by atomic mass is 16.1. The highest BCUT2D eigenvalue weighted by molar-refractivity contribution is 5.83. The van der Waals surface area contributed by atoms with Crippen molar-refractivity contribution in [2.24, 2.45) is 11.3 Å². The molecular weight excluding hydrogens is 324 g/mol. The van der Waals surface area contributed by atoms with E-state index in [1.54, 1.807) is 0 Å². The van der Waals surface area contributed by atoms with Crippen LogP contribution in [0.25, 0.3) is 0 Å². The van der Waals surface area contributed by atoms with Crippen LogP contribution in [0.3, 0.4) is 0 Å². The third-order valence-electron chi connectivity index (χ3n) is 5.01. The van der Waals surface area contributed by atoms with E-state index >= 15 is 0 Å². The van der Waals surface area contributed by atoms with Crippen molar-refractivity contribution >= 4 is 11.6 Å². The molecule has 0 aliphatic heterocycles. The molecule has 0 aromatic carbocycles. The van der Waals surface area contributed by atoms with Crippen LogP contribution in [0, 0.1) is 11.3 Å². The molecule has 4 nitrogen and oxygen atoms in total. The van der Waals surface area contributed by atoms with Crippen molar-refractivity contribution in [1.82, 2.24) is 10.6 Å². The fourth-order valence-electron chi connectivity index (χ4n) is 2.67. The van der Waals surface area contributed by atoms with Crippen molar-refractivity contribution in [3.05, 3.63) is 0 Å². The summed E-state index contributed by atoms with van der Waals surface area (Å²) < 4.78 is 0. The highest BCUT2D eigenvalue weighted by Gasteiger charge is 2.25. The molecule has 154 valence electrons. The molecule has 0 radical (unpaired) electrons. The predicted octanol–water partition coefficient (Wildman–Crippen LogP) is 4.51. The van der Waals surface area contributed by atoms with Gasteiger partial charge in [0.25, 0.3) is 0 Å². The van der Waals surface area contributed by atoms with Gasteiger partial charge in [-0.1, -0.05) is 34.6 Å². The Morgan fingerprint density at radius 2 is 1.23 bits per heavy atom. The van der Waals surface area contributed by atoms with Gasteiger partial charge in [-0.25, -0.2) is 0 Å². The summed E-state index contributed by atoms with van der Waals surface area (Å²) in [5, 5.41) is 7.12. The summed E-state index contributed by atoms with van der Waals surface area (Å²) in [7, 11) is 0. The van der Waals surface area contributed by atoms with E-state index in [1.807, 2.05) is 34.6 Å². The van der Waals surface area contributed by atoms with Crippen LogP contribution >= 0.6 is 0 Å². The Bertz CT molecular complexity index is 446. The molecule has 0 aliphatic rings. The standard InChI is InChI=1S/C22H44N2O2/c1-17(2)18(25)11-10-15-23-21(6,7)13-14-22(8,9)24-16-12-19(26)20(3,4)5/h17,23-24H,10-16H2,1-9H3. The maximum atomic E-state index is 12.0. The van der Waals surface area contributed by atoms with E-state index in [1.165, 1.54) is 0 Å². The molecule has 0 rings (SSSR count). The second-order valence-corrected chi connectivity index (χ2v) is 10.3. The summed E-state index contributed by atoms with van der Waals surface area (Å²) in [5.74, 6) is 0.790. The SMILES string of the molecule is CC(C)C(=O)CCCNC(C)(C)CCC(C)(C)NCCC(=O)C(C)(C)C. The lowest BCUT2D eigenvalue weighted by Crippen LogP contribution is -2.46. The highest BCUT2D eigenvalue weighted by Crippen LogP contribution is 2.20. The van der Waals surface area contributed by atoms with Crippen LogP contribution in [-0.2, 0) is 9.59 Å². The minimum Gasteiger partial charge on any atom is -0.312 e. The second-order valence-electron chi connectivity index (χ2n) is 10.3. The smallest absolute Gasteiger partial charge is 0.139 e. The van der Waals surface area contributed by atoms with E-state index in [4.69, 9.17) is 0 Å². The molecule has 0 bridgehead atoms. The summed E-state index contributed by atoms with van der Waals surface area (Å²) >= 11 is 0. The first-order valence-electron chi connectivity index (χ1n) is 10.2. The number of Topliss-reactive ketones (excluding diaryl/α,β-unsaturated/α-hetero) is 2. The molecule has 0 amide bonds. The Labute approximate surface area is 162 Å². The summed E-state index contributed by atoms with van der Waals surface area (Å²) in [5.41, 5.74) is -0.208. The van der Waals surface area contributed by atoms with Gasteiger partial charge in [0.2, 0.25) is 0 Å². The van der Waals surface area contributed by atoms with Gasteiger partial charge < -0.3 is 10.6 Å². The lowest BCUT2D eigenvalue weighted by Gasteiger charge is -2.33. The molecule has 0 aromatic rings. The molecule has 0 heterocycles. The van der Waals surface area contributed by atoms with Crippen molar-refractivity contribution in [3.63, 3.8) is 0 Å². The monoisotopic (exact) mass is 368 g/mol. The number of carbonyl (C=O) groups is 2. The third-order valence-corrected chi connectivity index (χ3v) is 5.01. The Morgan fingerprint density at radius 1 is 0.769 bits per heavy atom. The first kappa shape index (κ1) is 25.3. The molecule has 26 heavy (non-hydrogen) atoms. The van der Waals surface area contributed by atoms with E-state index in [9.17, 15) is 9.59 Å². The minimum atomic E-state index is -0.255. The van der Waals surface area contributed by atoms with Gasteiger partial charge in [0.05, 0.1) is 0 Å². The van der Waals surface area contributed by atoms with Crippen molar-refractivity contribution in [2.75, 3.05) is 13.1 Å². The van der Waals surface area contributed by atoms with Crippen LogP contribution in [0.1, 0.15) is 94.4 Å². The molecule has 4 heteroatoms. The Hall–Kier alpha value is -0.740. The molecular formula is C22H44N2O2. The second kappa shape index (κ2) is 10.6. The third kappa shape index (κ3) is 11.8. The van der Waals surface area contributed by atoms with Crippen molar-refractivity contribution in [1.29, 1.82) is 0 Å². The molecule has 2 N–H and O–H groups in total. The molecule has 0 aliphatic carbocycles. The van der Waals surface area contributed by atoms with Gasteiger partial charge in [-0.05, 0) is 53.5 Å².